The molecule has 0 spiro atoms. The lowest BCUT2D eigenvalue weighted by Crippen LogP contribution is -2.29. The summed E-state index contributed by atoms with van der Waals surface area (Å²) in [5, 5.41) is 25.4. The van der Waals surface area contributed by atoms with Crippen LogP contribution in [0.15, 0.2) is 72.9 Å². The smallest absolute Gasteiger partial charge is 0.271 e. The van der Waals surface area contributed by atoms with Gasteiger partial charge in [-0.25, -0.2) is 0 Å². The van der Waals surface area contributed by atoms with Gasteiger partial charge in [0, 0.05) is 35.4 Å². The minimum absolute atomic E-state index is 0.0226. The number of nitrogens with one attached hydrogen (secondary N) is 1. The highest BCUT2D eigenvalue weighted by Crippen LogP contribution is 2.44. The zero-order valence-electron chi connectivity index (χ0n) is 20.5. The number of benzene rings is 2. The van der Waals surface area contributed by atoms with Gasteiger partial charge in [-0.15, -0.1) is 0 Å². The largest absolute Gasteiger partial charge is 0.508 e. The van der Waals surface area contributed by atoms with Gasteiger partial charge in [-0.2, -0.15) is 0 Å². The van der Waals surface area contributed by atoms with E-state index in [1.54, 1.807) is 31.5 Å². The summed E-state index contributed by atoms with van der Waals surface area (Å²) in [5.74, 6) is 0.686. The van der Waals surface area contributed by atoms with Crippen molar-refractivity contribution in [2.75, 3.05) is 12.0 Å². The number of nitrogens with zero attached hydrogens (tertiary/aromatic N) is 4. The number of nitro benzene ring substituents is 1. The molecule has 10 heteroatoms. The molecule has 0 saturated carbocycles. The Morgan fingerprint density at radius 3 is 2.51 bits per heavy atom. The third-order valence-electron chi connectivity index (χ3n) is 6.63. The van der Waals surface area contributed by atoms with Crippen molar-refractivity contribution in [2.24, 2.45) is 0 Å². The van der Waals surface area contributed by atoms with E-state index >= 15 is 0 Å². The summed E-state index contributed by atoms with van der Waals surface area (Å²) in [7, 11) is 1.54. The maximum absolute atomic E-state index is 11.5. The van der Waals surface area contributed by atoms with Crippen molar-refractivity contribution in [1.29, 1.82) is 0 Å². The Morgan fingerprint density at radius 1 is 1.11 bits per heavy atom. The van der Waals surface area contributed by atoms with Gasteiger partial charge in [0.2, 0.25) is 0 Å². The first-order valence-electron chi connectivity index (χ1n) is 11.6. The average molecular weight is 516 g/mol. The number of phenols is 1. The van der Waals surface area contributed by atoms with E-state index in [9.17, 15) is 15.2 Å². The predicted molar refractivity (Wildman–Crippen MR) is 144 cm³/mol. The van der Waals surface area contributed by atoms with Gasteiger partial charge in [0.1, 0.15) is 11.5 Å². The van der Waals surface area contributed by atoms with E-state index < -0.39 is 4.92 Å². The maximum Gasteiger partial charge on any atom is 0.271 e. The molecule has 1 saturated heterocycles. The van der Waals surface area contributed by atoms with Crippen LogP contribution in [0.25, 0.3) is 5.69 Å². The van der Waals surface area contributed by atoms with Gasteiger partial charge in [-0.1, -0.05) is 6.07 Å². The van der Waals surface area contributed by atoms with Gasteiger partial charge >= 0.3 is 0 Å². The molecule has 2 atom stereocenters. The number of ether oxygens (including phenoxy) is 1. The third-order valence-corrected chi connectivity index (χ3v) is 6.94. The Hall–Kier alpha value is -4.44. The lowest BCUT2D eigenvalue weighted by molar-refractivity contribution is -0.384. The number of hydrogen-bond donors (Lipinski definition) is 2. The maximum atomic E-state index is 11.5. The number of non-ortho nitro benzene ring substituents is 1. The Kier molecular flexibility index (Phi) is 6.26. The molecule has 0 radical (unpaired) electrons. The second kappa shape index (κ2) is 9.55. The number of aromatic nitrogens is 2. The number of hydrogen-bond acceptors (Lipinski definition) is 6. The van der Waals surface area contributed by atoms with Gasteiger partial charge in [-0.3, -0.25) is 15.1 Å². The van der Waals surface area contributed by atoms with Crippen LogP contribution in [-0.2, 0) is 0 Å². The van der Waals surface area contributed by atoms with Crippen LogP contribution in [0.2, 0.25) is 0 Å². The van der Waals surface area contributed by atoms with E-state index in [2.05, 4.69) is 16.4 Å². The van der Waals surface area contributed by atoms with Crippen LogP contribution < -0.4 is 15.0 Å². The van der Waals surface area contributed by atoms with E-state index in [0.29, 0.717) is 16.5 Å². The molecule has 0 unspecified atom stereocenters. The van der Waals surface area contributed by atoms with Crippen molar-refractivity contribution in [1.82, 2.24) is 14.9 Å². The number of methoxy groups -OCH3 is 1. The van der Waals surface area contributed by atoms with Crippen LogP contribution in [0, 0.1) is 24.0 Å². The normalized spacial score (nSPS) is 17.1. The number of thiocarbonyl (C=S) groups is 1. The topological polar surface area (TPSA) is 106 Å². The van der Waals surface area contributed by atoms with Gasteiger partial charge < -0.3 is 24.6 Å². The Balaban J connectivity index is 1.70. The molecule has 2 N–H and O–H groups in total. The number of nitro groups is 1. The first-order valence-corrected chi connectivity index (χ1v) is 12.0. The van der Waals surface area contributed by atoms with Gasteiger partial charge in [0.05, 0.1) is 35.5 Å². The predicted octanol–water partition coefficient (Wildman–Crippen LogP) is 5.29. The standard InChI is InChI=1S/C27H25N5O4S/c1-16-14-21(17(2)30(16)23-15-19(32(34)35)9-12-24(23)36-3)26-25(22-6-4-5-13-28-22)29-27(37)31(26)18-7-10-20(33)11-8-18/h4-15,25-26,33H,1-3H3,(H,29,37)/t25-,26-/m0/s1. The van der Waals surface area contributed by atoms with Crippen LogP contribution in [0.3, 0.4) is 0 Å². The van der Waals surface area contributed by atoms with Gasteiger partial charge in [-0.05, 0) is 80.2 Å². The SMILES string of the molecule is COc1ccc([N+](=O)[O-])cc1-n1c(C)cc([C@H]2[C@H](c3ccccn3)NC(=S)N2c2ccc(O)cc2)c1C. The highest BCUT2D eigenvalue weighted by atomic mass is 32.1. The molecule has 5 rings (SSSR count). The molecule has 3 heterocycles. The van der Waals surface area contributed by atoms with Gasteiger partial charge in [0.15, 0.2) is 5.11 Å². The van der Waals surface area contributed by atoms with Crippen LogP contribution in [0.5, 0.6) is 11.5 Å². The minimum Gasteiger partial charge on any atom is -0.508 e. The Morgan fingerprint density at radius 2 is 1.86 bits per heavy atom. The highest BCUT2D eigenvalue weighted by Gasteiger charge is 2.42. The molecular weight excluding hydrogens is 490 g/mol. The molecule has 0 amide bonds. The summed E-state index contributed by atoms with van der Waals surface area (Å²) in [6, 6.07) is 18.7. The Bertz CT molecular complexity index is 1490. The van der Waals surface area contributed by atoms with E-state index in [1.165, 1.54) is 12.1 Å². The Labute approximate surface area is 219 Å². The molecule has 1 aliphatic rings. The summed E-state index contributed by atoms with van der Waals surface area (Å²) >= 11 is 5.79. The fraction of sp³-hybridized carbons (Fsp3) is 0.185. The number of rotatable bonds is 6. The molecule has 0 aliphatic carbocycles. The fourth-order valence-electron chi connectivity index (χ4n) is 4.99. The van der Waals surface area contributed by atoms with Crippen molar-refractivity contribution in [3.8, 4) is 17.2 Å². The molecule has 1 aliphatic heterocycles. The summed E-state index contributed by atoms with van der Waals surface area (Å²) in [6.45, 7) is 3.93. The average Bonchev–Trinajstić information content (AvgIpc) is 3.39. The zero-order valence-corrected chi connectivity index (χ0v) is 21.3. The van der Waals surface area contributed by atoms with Crippen LogP contribution in [-0.4, -0.2) is 31.8 Å². The van der Waals surface area contributed by atoms with Gasteiger partial charge in [0.25, 0.3) is 5.69 Å². The summed E-state index contributed by atoms with van der Waals surface area (Å²) in [4.78, 5) is 17.7. The second-order valence-electron chi connectivity index (χ2n) is 8.79. The first-order chi connectivity index (χ1) is 17.8. The molecule has 188 valence electrons. The number of phenolic OH excluding ortho intramolecular Hbond substituents is 1. The van der Waals surface area contributed by atoms with E-state index in [4.69, 9.17) is 17.0 Å². The minimum atomic E-state index is -0.416. The van der Waals surface area contributed by atoms with E-state index in [-0.39, 0.29) is 23.5 Å². The summed E-state index contributed by atoms with van der Waals surface area (Å²) < 4.78 is 7.53. The number of pyridine rings is 1. The molecular formula is C27H25N5O4S. The molecule has 2 aromatic carbocycles. The number of aromatic hydroxyl groups is 1. The van der Waals surface area contributed by atoms with E-state index in [1.807, 2.05) is 53.6 Å². The lowest BCUT2D eigenvalue weighted by atomic mass is 9.96. The van der Waals surface area contributed by atoms with Crippen molar-refractivity contribution in [3.63, 3.8) is 0 Å². The number of aryl methyl sites for hydroxylation is 1. The second-order valence-corrected chi connectivity index (χ2v) is 9.17. The fourth-order valence-corrected chi connectivity index (χ4v) is 5.33. The van der Waals surface area contributed by atoms with Crippen LogP contribution >= 0.6 is 12.2 Å². The van der Waals surface area contributed by atoms with Crippen molar-refractivity contribution in [3.05, 3.63) is 106 Å². The monoisotopic (exact) mass is 515 g/mol. The molecule has 0 bridgehead atoms. The molecule has 2 aromatic heterocycles. The quantitative estimate of drug-likeness (QED) is 0.203. The first kappa shape index (κ1) is 24.3. The molecule has 37 heavy (non-hydrogen) atoms. The van der Waals surface area contributed by atoms with Crippen molar-refractivity contribution >= 4 is 28.7 Å². The molecule has 9 nitrogen and oxygen atoms in total. The highest BCUT2D eigenvalue weighted by molar-refractivity contribution is 7.80. The third kappa shape index (κ3) is 4.25. The van der Waals surface area contributed by atoms with Crippen LogP contribution in [0.1, 0.15) is 34.7 Å². The molecule has 1 fully saturated rings. The number of anilines is 1. The zero-order chi connectivity index (χ0) is 26.3. The van der Waals surface area contributed by atoms with Crippen LogP contribution in [0.4, 0.5) is 11.4 Å². The van der Waals surface area contributed by atoms with Crippen molar-refractivity contribution in [2.45, 2.75) is 25.9 Å². The summed E-state index contributed by atoms with van der Waals surface area (Å²) in [6.07, 6.45) is 1.75. The van der Waals surface area contributed by atoms with Crippen molar-refractivity contribution < 1.29 is 14.8 Å². The summed E-state index contributed by atoms with van der Waals surface area (Å²) in [5.41, 5.74) is 4.95. The van der Waals surface area contributed by atoms with E-state index in [0.717, 1.165) is 28.3 Å². The lowest BCUT2D eigenvalue weighted by Gasteiger charge is -2.28. The molecule has 4 aromatic rings.